The number of phenolic OH excluding ortho intramolecular Hbond substituents is 1. The standard InChI is InChI=1S/C24H28N4O/c1-4-23-25-22-13-14-28(15-17-5-9-19(10-6-17)27(2)3)16-21(22)24(26-23)18-7-11-20(29)12-8-18/h5-12,29H,4,13-16H2,1-3H3. The number of aryl methyl sites for hydroxylation is 1. The summed E-state index contributed by atoms with van der Waals surface area (Å²) in [6.07, 6.45) is 1.76. The van der Waals surface area contributed by atoms with Gasteiger partial charge in [-0.3, -0.25) is 4.90 Å². The molecule has 29 heavy (non-hydrogen) atoms. The first-order valence-electron chi connectivity index (χ1n) is 10.2. The fraction of sp³-hybridized carbons (Fsp3) is 0.333. The molecule has 4 rings (SSSR count). The third-order valence-corrected chi connectivity index (χ3v) is 5.50. The number of hydrogen-bond acceptors (Lipinski definition) is 5. The van der Waals surface area contributed by atoms with Crippen molar-refractivity contribution in [2.75, 3.05) is 25.5 Å². The van der Waals surface area contributed by atoms with Crippen molar-refractivity contribution in [3.8, 4) is 17.0 Å². The Morgan fingerprint density at radius 3 is 2.38 bits per heavy atom. The Kier molecular flexibility index (Phi) is 5.49. The van der Waals surface area contributed by atoms with E-state index in [0.29, 0.717) is 0 Å². The molecule has 0 saturated carbocycles. The van der Waals surface area contributed by atoms with Crippen molar-refractivity contribution in [1.29, 1.82) is 0 Å². The zero-order chi connectivity index (χ0) is 20.4. The predicted octanol–water partition coefficient (Wildman–Crippen LogP) is 4.04. The summed E-state index contributed by atoms with van der Waals surface area (Å²) < 4.78 is 0. The monoisotopic (exact) mass is 388 g/mol. The van der Waals surface area contributed by atoms with Crippen LogP contribution in [0.5, 0.6) is 5.75 Å². The van der Waals surface area contributed by atoms with E-state index in [0.717, 1.165) is 49.6 Å². The lowest BCUT2D eigenvalue weighted by molar-refractivity contribution is 0.243. The predicted molar refractivity (Wildman–Crippen MR) is 117 cm³/mol. The number of benzene rings is 2. The smallest absolute Gasteiger partial charge is 0.129 e. The quantitative estimate of drug-likeness (QED) is 0.715. The summed E-state index contributed by atoms with van der Waals surface area (Å²) in [6, 6.07) is 16.1. The van der Waals surface area contributed by atoms with Crippen LogP contribution in [-0.4, -0.2) is 40.6 Å². The van der Waals surface area contributed by atoms with Gasteiger partial charge in [-0.1, -0.05) is 19.1 Å². The first-order valence-corrected chi connectivity index (χ1v) is 10.2. The number of phenols is 1. The highest BCUT2D eigenvalue weighted by Gasteiger charge is 2.23. The third-order valence-electron chi connectivity index (χ3n) is 5.50. The lowest BCUT2D eigenvalue weighted by Crippen LogP contribution is -2.31. The van der Waals surface area contributed by atoms with Crippen LogP contribution in [0.25, 0.3) is 11.3 Å². The van der Waals surface area contributed by atoms with Crippen LogP contribution in [0.3, 0.4) is 0 Å². The Bertz CT molecular complexity index is 981. The average molecular weight is 389 g/mol. The summed E-state index contributed by atoms with van der Waals surface area (Å²) in [4.78, 5) is 14.3. The van der Waals surface area contributed by atoms with Gasteiger partial charge in [0.15, 0.2) is 0 Å². The summed E-state index contributed by atoms with van der Waals surface area (Å²) in [7, 11) is 4.12. The van der Waals surface area contributed by atoms with Crippen molar-refractivity contribution >= 4 is 5.69 Å². The largest absolute Gasteiger partial charge is 0.508 e. The number of aromatic nitrogens is 2. The van der Waals surface area contributed by atoms with Crippen molar-refractivity contribution < 1.29 is 5.11 Å². The molecule has 2 aromatic carbocycles. The van der Waals surface area contributed by atoms with Crippen molar-refractivity contribution in [3.05, 3.63) is 71.2 Å². The SMILES string of the molecule is CCc1nc2c(c(-c3ccc(O)cc3)n1)CN(Cc1ccc(N(C)C)cc1)CC2. The van der Waals surface area contributed by atoms with E-state index in [-0.39, 0.29) is 5.75 Å². The Labute approximate surface area is 172 Å². The fourth-order valence-electron chi connectivity index (χ4n) is 3.83. The second-order valence-electron chi connectivity index (χ2n) is 7.84. The molecule has 1 N–H and O–H groups in total. The molecule has 0 atom stereocenters. The zero-order valence-corrected chi connectivity index (χ0v) is 17.4. The molecule has 0 amide bonds. The summed E-state index contributed by atoms with van der Waals surface area (Å²) in [6.45, 7) is 4.84. The molecule has 0 radical (unpaired) electrons. The first kappa shape index (κ1) is 19.4. The van der Waals surface area contributed by atoms with E-state index in [1.807, 2.05) is 12.1 Å². The van der Waals surface area contributed by atoms with Gasteiger partial charge in [-0.2, -0.15) is 0 Å². The fourth-order valence-corrected chi connectivity index (χ4v) is 3.83. The van der Waals surface area contributed by atoms with Crippen molar-refractivity contribution in [1.82, 2.24) is 14.9 Å². The molecule has 0 fully saturated rings. The van der Waals surface area contributed by atoms with Gasteiger partial charge in [0.05, 0.1) is 11.4 Å². The molecular formula is C24H28N4O. The molecule has 1 aromatic heterocycles. The average Bonchev–Trinajstić information content (AvgIpc) is 2.74. The maximum absolute atomic E-state index is 9.66. The van der Waals surface area contributed by atoms with E-state index in [2.05, 4.69) is 55.1 Å². The van der Waals surface area contributed by atoms with Gasteiger partial charge in [-0.25, -0.2) is 9.97 Å². The Hall–Kier alpha value is -2.92. The van der Waals surface area contributed by atoms with E-state index in [9.17, 15) is 5.11 Å². The van der Waals surface area contributed by atoms with Gasteiger partial charge >= 0.3 is 0 Å². The first-order chi connectivity index (χ1) is 14.0. The molecule has 150 valence electrons. The van der Waals surface area contributed by atoms with E-state index in [1.165, 1.54) is 22.5 Å². The molecule has 1 aliphatic heterocycles. The minimum absolute atomic E-state index is 0.273. The van der Waals surface area contributed by atoms with E-state index in [4.69, 9.17) is 9.97 Å². The maximum atomic E-state index is 9.66. The van der Waals surface area contributed by atoms with Gasteiger partial charge in [0.25, 0.3) is 0 Å². The number of nitrogens with zero attached hydrogens (tertiary/aromatic N) is 4. The summed E-state index contributed by atoms with van der Waals surface area (Å²) in [5.74, 6) is 1.16. The Morgan fingerprint density at radius 1 is 1.00 bits per heavy atom. The van der Waals surface area contributed by atoms with Crippen LogP contribution in [0.2, 0.25) is 0 Å². The summed E-state index contributed by atoms with van der Waals surface area (Å²) in [5, 5.41) is 9.66. The topological polar surface area (TPSA) is 52.5 Å². The van der Waals surface area contributed by atoms with Gasteiger partial charge in [0.1, 0.15) is 11.6 Å². The number of anilines is 1. The van der Waals surface area contributed by atoms with E-state index in [1.54, 1.807) is 12.1 Å². The van der Waals surface area contributed by atoms with Gasteiger partial charge in [-0.05, 0) is 42.0 Å². The number of aromatic hydroxyl groups is 1. The second kappa shape index (κ2) is 8.21. The molecule has 3 aromatic rings. The zero-order valence-electron chi connectivity index (χ0n) is 17.4. The molecule has 0 spiro atoms. The van der Waals surface area contributed by atoms with E-state index >= 15 is 0 Å². The van der Waals surface area contributed by atoms with Crippen molar-refractivity contribution in [2.45, 2.75) is 32.9 Å². The van der Waals surface area contributed by atoms with Gasteiger partial charge in [0, 0.05) is 63.4 Å². The second-order valence-corrected chi connectivity index (χ2v) is 7.84. The number of hydrogen-bond donors (Lipinski definition) is 1. The van der Waals surface area contributed by atoms with Gasteiger partial charge in [-0.15, -0.1) is 0 Å². The molecular weight excluding hydrogens is 360 g/mol. The minimum Gasteiger partial charge on any atom is -0.508 e. The Balaban J connectivity index is 1.61. The molecule has 5 nitrogen and oxygen atoms in total. The van der Waals surface area contributed by atoms with Gasteiger partial charge in [0.2, 0.25) is 0 Å². The van der Waals surface area contributed by atoms with Crippen LogP contribution >= 0.6 is 0 Å². The number of rotatable bonds is 5. The molecule has 2 heterocycles. The summed E-state index contributed by atoms with van der Waals surface area (Å²) >= 11 is 0. The van der Waals surface area contributed by atoms with Crippen LogP contribution in [0.4, 0.5) is 5.69 Å². The van der Waals surface area contributed by atoms with Crippen molar-refractivity contribution in [2.24, 2.45) is 0 Å². The molecule has 5 heteroatoms. The highest BCUT2D eigenvalue weighted by Crippen LogP contribution is 2.30. The van der Waals surface area contributed by atoms with Crippen LogP contribution in [0.15, 0.2) is 48.5 Å². The minimum atomic E-state index is 0.273. The van der Waals surface area contributed by atoms with Crippen molar-refractivity contribution in [3.63, 3.8) is 0 Å². The Morgan fingerprint density at radius 2 is 1.72 bits per heavy atom. The molecule has 0 bridgehead atoms. The normalized spacial score (nSPS) is 13.9. The highest BCUT2D eigenvalue weighted by molar-refractivity contribution is 5.65. The lowest BCUT2D eigenvalue weighted by atomic mass is 9.98. The van der Waals surface area contributed by atoms with Crippen LogP contribution in [0.1, 0.15) is 29.6 Å². The molecule has 1 aliphatic rings. The van der Waals surface area contributed by atoms with Gasteiger partial charge < -0.3 is 10.0 Å². The van der Waals surface area contributed by atoms with Crippen LogP contribution in [0, 0.1) is 0 Å². The lowest BCUT2D eigenvalue weighted by Gasteiger charge is -2.30. The highest BCUT2D eigenvalue weighted by atomic mass is 16.3. The molecule has 0 saturated heterocycles. The molecule has 0 unspecified atom stereocenters. The maximum Gasteiger partial charge on any atom is 0.129 e. The van der Waals surface area contributed by atoms with E-state index < -0.39 is 0 Å². The van der Waals surface area contributed by atoms with Crippen LogP contribution < -0.4 is 4.90 Å². The van der Waals surface area contributed by atoms with Crippen LogP contribution in [-0.2, 0) is 25.9 Å². The molecule has 0 aliphatic carbocycles. The third kappa shape index (κ3) is 4.25. The summed E-state index contributed by atoms with van der Waals surface area (Å²) in [5.41, 5.74) is 6.94. The number of fused-ring (bicyclic) bond motifs is 1.